The number of ketones is 1. The molecule has 52 nitrogen and oxygen atoms in total. The number of carbonyl (C=O) groups excluding carboxylic acids is 18. The molecule has 14 atom stereocenters. The summed E-state index contributed by atoms with van der Waals surface area (Å²) in [4.78, 5) is 247. The van der Waals surface area contributed by atoms with Crippen LogP contribution in [0, 0.1) is 23.7 Å². The second-order valence-electron chi connectivity index (χ2n) is 36.8. The van der Waals surface area contributed by atoms with E-state index in [0.717, 1.165) is 78.1 Å². The Morgan fingerprint density at radius 1 is 0.453 bits per heavy atom. The van der Waals surface area contributed by atoms with Gasteiger partial charge in [0.2, 0.25) is 35.4 Å². The number of alkyl carbamates (subject to hydrolysis) is 2. The van der Waals surface area contributed by atoms with Crippen molar-refractivity contribution in [2.45, 2.75) is 244 Å². The van der Waals surface area contributed by atoms with Crippen LogP contribution in [0.15, 0.2) is 117 Å². The summed E-state index contributed by atoms with van der Waals surface area (Å²) in [6, 6.07) is 17.6. The molecule has 0 radical (unpaired) electrons. The number of Topliss-reactive ketones (excluding diaryl/α,β-unsaturated/α-hetero) is 1. The van der Waals surface area contributed by atoms with E-state index in [0.29, 0.717) is 38.3 Å². The molecule has 0 bridgehead atoms. The van der Waals surface area contributed by atoms with Gasteiger partial charge in [0.05, 0.1) is 44.9 Å². The number of primary amides is 2. The van der Waals surface area contributed by atoms with Crippen LogP contribution in [0.3, 0.4) is 0 Å². The number of rotatable bonds is 47. The molecule has 0 aromatic heterocycles. The molecule has 3 heterocycles. The number of aliphatic hydroxyl groups excluding tert-OH is 4. The van der Waals surface area contributed by atoms with E-state index in [9.17, 15) is 111 Å². The summed E-state index contributed by atoms with van der Waals surface area (Å²) in [5.41, 5.74) is 39.4. The summed E-state index contributed by atoms with van der Waals surface area (Å²) >= 11 is 0. The summed E-state index contributed by atoms with van der Waals surface area (Å²) in [7, 11) is 0. The number of ether oxygens (including phenoxy) is 3. The monoisotopic (exact) mass is 2090 g/mol. The molecule has 814 valence electrons. The van der Waals surface area contributed by atoms with E-state index in [1.54, 1.807) is 34.6 Å². The van der Waals surface area contributed by atoms with E-state index in [4.69, 9.17) is 52.5 Å². The van der Waals surface area contributed by atoms with Gasteiger partial charge in [0.1, 0.15) is 111 Å². The van der Waals surface area contributed by atoms with Crippen molar-refractivity contribution < 1.29 is 165 Å². The van der Waals surface area contributed by atoms with Crippen molar-refractivity contribution in [2.24, 2.45) is 67.0 Å². The summed E-state index contributed by atoms with van der Waals surface area (Å²) in [5.74, 6) is -15.1. The van der Waals surface area contributed by atoms with Gasteiger partial charge in [-0.25, -0.2) is 55.7 Å². The van der Waals surface area contributed by atoms with Crippen molar-refractivity contribution in [3.63, 3.8) is 0 Å². The minimum Gasteiger partial charge on any atom is -0.870 e. The minimum absolute atomic E-state index is 0. The first-order chi connectivity index (χ1) is 70.0. The van der Waals surface area contributed by atoms with Gasteiger partial charge in [-0.15, -0.1) is 0 Å². The Kier molecular flexibility index (Phi) is 53.0. The van der Waals surface area contributed by atoms with Crippen molar-refractivity contribution in [1.82, 2.24) is 73.4 Å². The van der Waals surface area contributed by atoms with Gasteiger partial charge in [-0.3, -0.25) is 71.9 Å². The Balaban J connectivity index is 0.000000417. The molecule has 5 aliphatic rings. The number of hydrogen-bond acceptors (Lipinski definition) is 34. The van der Waals surface area contributed by atoms with E-state index in [-0.39, 0.29) is 112 Å². The van der Waals surface area contributed by atoms with Crippen LogP contribution < -0.4 is 95.4 Å². The van der Waals surface area contributed by atoms with Crippen molar-refractivity contribution in [3.05, 3.63) is 119 Å². The summed E-state index contributed by atoms with van der Waals surface area (Å²) in [5, 5.41) is 85.7. The topological polar surface area (TPSA) is 807 Å². The number of likely N-dealkylation sites (tertiary alicyclic amines) is 2. The Bertz CT molecular complexity index is 5420. The Morgan fingerprint density at radius 3 is 1.17 bits per heavy atom. The first-order valence-electron chi connectivity index (χ1n) is 47.8. The Labute approximate surface area is 876 Å². The van der Waals surface area contributed by atoms with Crippen LogP contribution in [-0.2, 0) is 101 Å². The molecule has 16 amide bonds. The Hall–Kier alpha value is -14.9. The van der Waals surface area contributed by atoms with Gasteiger partial charge in [-0.2, -0.15) is 20.4 Å². The third kappa shape index (κ3) is 38.3. The van der Waals surface area contributed by atoms with Gasteiger partial charge in [0.15, 0.2) is 5.78 Å². The van der Waals surface area contributed by atoms with Crippen molar-refractivity contribution in [3.8, 4) is 22.3 Å². The second-order valence-corrected chi connectivity index (χ2v) is 36.8. The zero-order chi connectivity index (χ0) is 110. The van der Waals surface area contributed by atoms with E-state index >= 15 is 0 Å². The molecule has 0 unspecified atom stereocenters. The van der Waals surface area contributed by atoms with Crippen LogP contribution in [0.25, 0.3) is 22.3 Å². The van der Waals surface area contributed by atoms with Gasteiger partial charge >= 0.3 is 49.0 Å². The molecular weight excluding hydrogens is 1960 g/mol. The second kappa shape index (κ2) is 62.4. The normalized spacial score (nSPS) is 16.9. The van der Waals surface area contributed by atoms with Gasteiger partial charge in [0, 0.05) is 24.9 Å². The van der Waals surface area contributed by atoms with Crippen LogP contribution in [0.2, 0.25) is 0 Å². The number of benzene rings is 4. The third-order valence-corrected chi connectivity index (χ3v) is 23.4. The third-order valence-electron chi connectivity index (χ3n) is 23.4. The number of hydrazone groups is 4. The SMILES string of the molecule is CC(=O)[C@H](CO)NC(=O)[C@@H]1CCCN1C(=O)/C=N/NC(=O)[C@H](CC(C)C)NC(=O)[C@H](CC(N)=O)NC(=O)[C@@H](N)[C@H](C)O.CC(C)C[C@@H](C(=O)N/N=C/C(=O)N1CCC[C@H]1C(=O)N[C@@H](CO)C(=O)O)N1C(=O)[C@H](CC(N)=O)N1C(=O)[C@@H](N)[C@H](C)O.CC(C)C[C@H](NC(=O)OCC1c2ccccc2-c2ccccc21)C(=O)N/N=C/C(=O)O.CCOC(=O)/C=N/NC(=O)[C@H](CC(C)C)NC(=O)OCC1c2ccccc2-c2ccccc21.[Li+].[OH-]. The average Bonchev–Trinajstić information content (AvgIpc) is 1.11. The van der Waals surface area contributed by atoms with Crippen LogP contribution in [-0.4, -0.2) is 330 Å². The smallest absolute Gasteiger partial charge is 0.870 e. The molecule has 53 heteroatoms. The van der Waals surface area contributed by atoms with Crippen molar-refractivity contribution in [2.75, 3.05) is 46.1 Å². The quantitative estimate of drug-likeness (QED) is 0.00647. The summed E-state index contributed by atoms with van der Waals surface area (Å²) < 4.78 is 15.7. The maximum atomic E-state index is 13.2. The number of aliphatic carboxylic acids is 2. The predicted octanol–water partition coefficient (Wildman–Crippen LogP) is -5.10. The largest absolute Gasteiger partial charge is 1.00 e. The molecule has 0 saturated carbocycles. The molecule has 2 aliphatic carbocycles. The molecule has 4 aromatic carbocycles. The van der Waals surface area contributed by atoms with E-state index in [1.165, 1.54) is 25.7 Å². The minimum atomic E-state index is -1.55. The van der Waals surface area contributed by atoms with Gasteiger partial charge < -0.3 is 115 Å². The number of hydrogen-bond donors (Lipinski definition) is 20. The van der Waals surface area contributed by atoms with Gasteiger partial charge in [0.25, 0.3) is 47.3 Å². The zero-order valence-electron chi connectivity index (χ0n) is 85.5. The molecule has 0 spiro atoms. The Morgan fingerprint density at radius 2 is 0.820 bits per heavy atom. The number of hydrazine groups is 1. The number of carboxylic acids is 2. The van der Waals surface area contributed by atoms with Crippen molar-refractivity contribution in [1.29, 1.82) is 0 Å². The van der Waals surface area contributed by atoms with Crippen LogP contribution in [0.5, 0.6) is 0 Å². The molecule has 150 heavy (non-hydrogen) atoms. The standard InChI is InChI=1S/C25H42N8O9.C25H29N3O5.C24H38N8O10.C23H25N3O5.Li.H2O/c1-12(2)8-15(29-22(39)16(9-19(26)37)30-25(42)21(27)14(4)36)23(40)32-28-10-20(38)33-7-5-6-18(33)24(41)31-17(11-34)13(3)35;1-4-32-23(29)14-26-28-24(30)22(13-16(2)3)27-25(31)33-15-21-19-11-7-5-9-17(19)18-10-6-8-12-20(18)21;1-11(2)7-15(31-22(39)16(8-17(25)35)32(31)23(40)19(26)12(3)34)21(38)29-27-9-18(36)30-6-4-5-14(30)20(37)28-13(10-33)24(41)42;1-14(2)11-20(22(29)26-24-12-21(27)28)25-23(30)31-13-19-17-9-5-3-7-15(17)16-8-4-6-10-18(16)19;;/h10,12,14-18,21,34,36H,5-9,11,27H2,1-4H3,(H2,26,37)(H,29,39)(H,30,42)(H,31,41)(H,32,40);5-12,14,16,21-22H,4,13,15H2,1-3H3,(H,27,31)(H,28,30);9,11-16,19,33-34H,4-8,10,26H2,1-3H3,(H2,25,35)(H,28,37)(H,29,38)(H,41,42);3-10,12,14,19-20H,11,13H2,1-2H3,(H,25,30)(H,26,29)(H,27,28);;1H2/q;;;;+1;/p-1/b28-10+;26-14+;27-9+;24-12+;;/t14-,15-,16-,17-,18-,21-;22-;12-,13-,14-,15-,16-,19-;20-;;/m0000../s1. The van der Waals surface area contributed by atoms with Crippen LogP contribution in [0.4, 0.5) is 9.59 Å². The molecule has 4 aromatic rings. The van der Waals surface area contributed by atoms with E-state index < -0.39 is 229 Å². The van der Waals surface area contributed by atoms with Crippen LogP contribution >= 0.6 is 0 Å². The number of nitrogens with one attached hydrogen (secondary N) is 10. The predicted molar refractivity (Wildman–Crippen MR) is 532 cm³/mol. The molecule has 3 fully saturated rings. The molecular formula is C97H135LiN22O30. The molecule has 3 saturated heterocycles. The number of carboxylic acid groups (broad SMARTS) is 2. The zero-order valence-corrected chi connectivity index (χ0v) is 85.5. The number of carbonyl (C=O) groups is 20. The fraction of sp³-hybridized carbons (Fsp3) is 0.505. The number of amides is 16. The fourth-order valence-electron chi connectivity index (χ4n) is 16.2. The van der Waals surface area contributed by atoms with Crippen molar-refractivity contribution >= 4 is 143 Å². The van der Waals surface area contributed by atoms with Gasteiger partial charge in [-0.05, 0) is 147 Å². The first-order valence-corrected chi connectivity index (χ1v) is 47.8. The molecule has 3 aliphatic heterocycles. The maximum absolute atomic E-state index is 13.2. The number of esters is 1. The maximum Gasteiger partial charge on any atom is 1.00 e. The number of aliphatic hydroxyl groups is 4. The number of nitrogens with two attached hydrogens (primary N) is 4. The summed E-state index contributed by atoms with van der Waals surface area (Å²) in [6.07, 6.45) is 0.212. The average molecular weight is 2100 g/mol. The van der Waals surface area contributed by atoms with E-state index in [2.05, 4.69) is 98.3 Å². The molecule has 25 N–H and O–H groups in total. The fourth-order valence-corrected chi connectivity index (χ4v) is 16.2. The van der Waals surface area contributed by atoms with Gasteiger partial charge in [-0.1, -0.05) is 152 Å². The van der Waals surface area contributed by atoms with Crippen LogP contribution in [0.1, 0.15) is 181 Å². The first kappa shape index (κ1) is 127. The molecule has 9 rings (SSSR count). The van der Waals surface area contributed by atoms with E-state index in [1.807, 2.05) is 100 Å². The summed E-state index contributed by atoms with van der Waals surface area (Å²) in [6.45, 7) is 19.5. The number of fused-ring (bicyclic) bond motifs is 6. The number of nitrogens with zero attached hydrogens (tertiary/aromatic N) is 8.